The number of amides is 1. The normalized spacial score (nSPS) is 17.0. The van der Waals surface area contributed by atoms with E-state index >= 15 is 0 Å². The van der Waals surface area contributed by atoms with Crippen molar-refractivity contribution in [3.05, 3.63) is 69.5 Å². The summed E-state index contributed by atoms with van der Waals surface area (Å²) < 4.78 is 13.6. The van der Waals surface area contributed by atoms with Gasteiger partial charge in [0.2, 0.25) is 5.91 Å². The van der Waals surface area contributed by atoms with Gasteiger partial charge in [-0.15, -0.1) is 0 Å². The van der Waals surface area contributed by atoms with E-state index in [0.29, 0.717) is 10.6 Å². The van der Waals surface area contributed by atoms with Crippen molar-refractivity contribution in [2.45, 2.75) is 18.8 Å². The molecule has 0 spiro atoms. The molecule has 0 fully saturated rings. The summed E-state index contributed by atoms with van der Waals surface area (Å²) >= 11 is 6.10. The van der Waals surface area contributed by atoms with E-state index in [1.807, 2.05) is 12.1 Å². The van der Waals surface area contributed by atoms with Gasteiger partial charge in [-0.2, -0.15) is 0 Å². The van der Waals surface area contributed by atoms with Gasteiger partial charge in [-0.25, -0.2) is 4.39 Å². The van der Waals surface area contributed by atoms with E-state index in [4.69, 9.17) is 17.3 Å². The number of halogens is 2. The molecule has 1 aliphatic rings. The molecule has 0 radical (unpaired) electrons. The molecule has 4 heteroatoms. The minimum atomic E-state index is -0.462. The van der Waals surface area contributed by atoms with Crippen molar-refractivity contribution in [3.63, 3.8) is 0 Å². The average Bonchev–Trinajstić information content (AvgIpc) is 2.82. The first kappa shape index (κ1) is 13.1. The van der Waals surface area contributed by atoms with Gasteiger partial charge in [0, 0.05) is 16.5 Å². The fraction of sp³-hybridized carbons (Fsp3) is 0.188. The van der Waals surface area contributed by atoms with Crippen LogP contribution >= 0.6 is 11.6 Å². The van der Waals surface area contributed by atoms with Crippen molar-refractivity contribution < 1.29 is 9.18 Å². The lowest BCUT2D eigenvalue weighted by molar-refractivity contribution is 0.0999. The molecule has 1 amide bonds. The maximum absolute atomic E-state index is 13.6. The molecule has 0 aliphatic heterocycles. The van der Waals surface area contributed by atoms with Crippen LogP contribution in [0.2, 0.25) is 5.02 Å². The smallest absolute Gasteiger partial charge is 0.248 e. The fourth-order valence-electron chi connectivity index (χ4n) is 2.99. The lowest BCUT2D eigenvalue weighted by atomic mass is 9.89. The molecule has 20 heavy (non-hydrogen) atoms. The van der Waals surface area contributed by atoms with Gasteiger partial charge >= 0.3 is 0 Å². The number of carbonyl (C=O) groups excluding carboxylic acids is 1. The number of nitrogens with two attached hydrogens (primary N) is 1. The monoisotopic (exact) mass is 289 g/mol. The summed E-state index contributed by atoms with van der Waals surface area (Å²) in [5.41, 5.74) is 8.60. The van der Waals surface area contributed by atoms with Gasteiger partial charge in [0.05, 0.1) is 0 Å². The lowest BCUT2D eigenvalue weighted by Gasteiger charge is -2.15. The molecule has 0 bridgehead atoms. The molecule has 0 saturated heterocycles. The Morgan fingerprint density at radius 1 is 1.25 bits per heavy atom. The molecule has 0 aromatic heterocycles. The maximum Gasteiger partial charge on any atom is 0.248 e. The van der Waals surface area contributed by atoms with Crippen LogP contribution in [0.1, 0.15) is 39.4 Å². The Morgan fingerprint density at radius 2 is 2.00 bits per heavy atom. The molecule has 102 valence electrons. The Kier molecular flexibility index (Phi) is 3.22. The van der Waals surface area contributed by atoms with Gasteiger partial charge in [-0.1, -0.05) is 29.8 Å². The predicted octanol–water partition coefficient (Wildman–Crippen LogP) is 3.66. The Hall–Kier alpha value is -1.87. The van der Waals surface area contributed by atoms with Crippen LogP contribution in [0.15, 0.2) is 36.4 Å². The lowest BCUT2D eigenvalue weighted by Crippen LogP contribution is -2.15. The zero-order chi connectivity index (χ0) is 14.3. The summed E-state index contributed by atoms with van der Waals surface area (Å²) in [6.45, 7) is 0. The Morgan fingerprint density at radius 3 is 2.75 bits per heavy atom. The second kappa shape index (κ2) is 4.91. The van der Waals surface area contributed by atoms with E-state index in [9.17, 15) is 9.18 Å². The van der Waals surface area contributed by atoms with Crippen LogP contribution in [0.3, 0.4) is 0 Å². The predicted molar refractivity (Wildman–Crippen MR) is 76.5 cm³/mol. The van der Waals surface area contributed by atoms with Crippen LogP contribution < -0.4 is 5.73 Å². The molecule has 0 heterocycles. The number of benzene rings is 2. The van der Waals surface area contributed by atoms with E-state index in [1.165, 1.54) is 12.1 Å². The zero-order valence-electron chi connectivity index (χ0n) is 10.7. The molecule has 1 atom stereocenters. The second-order valence-electron chi connectivity index (χ2n) is 5.00. The highest BCUT2D eigenvalue weighted by molar-refractivity contribution is 6.31. The molecule has 3 rings (SSSR count). The van der Waals surface area contributed by atoms with Gasteiger partial charge in [0.1, 0.15) is 5.82 Å². The number of hydrogen-bond donors (Lipinski definition) is 1. The largest absolute Gasteiger partial charge is 0.366 e. The van der Waals surface area contributed by atoms with Gasteiger partial charge in [-0.05, 0) is 47.7 Å². The van der Waals surface area contributed by atoms with E-state index in [-0.39, 0.29) is 11.7 Å². The average molecular weight is 290 g/mol. The minimum Gasteiger partial charge on any atom is -0.366 e. The van der Waals surface area contributed by atoms with E-state index in [0.717, 1.165) is 29.5 Å². The maximum atomic E-state index is 13.6. The highest BCUT2D eigenvalue weighted by Crippen LogP contribution is 2.42. The molecular weight excluding hydrogens is 277 g/mol. The molecular formula is C16H13ClFNO. The molecule has 2 nitrogen and oxygen atoms in total. The fourth-order valence-corrected chi connectivity index (χ4v) is 3.30. The molecule has 2 N–H and O–H groups in total. The first-order valence-electron chi connectivity index (χ1n) is 6.44. The molecule has 0 saturated carbocycles. The quantitative estimate of drug-likeness (QED) is 0.901. The summed E-state index contributed by atoms with van der Waals surface area (Å²) in [5, 5.41) is 0.457. The van der Waals surface area contributed by atoms with E-state index in [2.05, 4.69) is 0 Å². The summed E-state index contributed by atoms with van der Waals surface area (Å²) in [6, 6.07) is 10.1. The van der Waals surface area contributed by atoms with Crippen LogP contribution in [0.4, 0.5) is 4.39 Å². The SMILES string of the molecule is NC(=O)c1ccccc1[C@H]1CCc2c(Cl)cc(F)cc21. The van der Waals surface area contributed by atoms with Crippen molar-refractivity contribution >= 4 is 17.5 Å². The third-order valence-electron chi connectivity index (χ3n) is 3.85. The van der Waals surface area contributed by atoms with Gasteiger partial charge < -0.3 is 5.73 Å². The van der Waals surface area contributed by atoms with Gasteiger partial charge in [0.25, 0.3) is 0 Å². The summed E-state index contributed by atoms with van der Waals surface area (Å²) in [6.07, 6.45) is 1.59. The Bertz CT molecular complexity index is 699. The summed E-state index contributed by atoms with van der Waals surface area (Å²) in [5.74, 6) is -0.837. The standard InChI is InChI=1S/C16H13ClFNO/c17-15-8-9(18)7-14-11(5-6-12(14)15)10-3-1-2-4-13(10)16(19)20/h1-4,7-8,11H,5-6H2,(H2,19,20)/t11-/m1/s1. The molecule has 2 aromatic carbocycles. The summed E-state index contributed by atoms with van der Waals surface area (Å²) in [4.78, 5) is 11.5. The topological polar surface area (TPSA) is 43.1 Å². The van der Waals surface area contributed by atoms with Gasteiger partial charge in [-0.3, -0.25) is 4.79 Å². The minimum absolute atomic E-state index is 0.0260. The number of carbonyl (C=O) groups is 1. The molecule has 2 aromatic rings. The Balaban J connectivity index is 2.15. The number of fused-ring (bicyclic) bond motifs is 1. The van der Waals surface area contributed by atoms with Crippen LogP contribution in [0, 0.1) is 5.82 Å². The molecule has 1 aliphatic carbocycles. The van der Waals surface area contributed by atoms with Crippen molar-refractivity contribution in [1.29, 1.82) is 0 Å². The van der Waals surface area contributed by atoms with Crippen molar-refractivity contribution in [3.8, 4) is 0 Å². The third kappa shape index (κ3) is 2.08. The first-order valence-corrected chi connectivity index (χ1v) is 6.82. The van der Waals surface area contributed by atoms with Crippen LogP contribution in [-0.2, 0) is 6.42 Å². The molecule has 0 unspecified atom stereocenters. The van der Waals surface area contributed by atoms with Crippen LogP contribution in [0.5, 0.6) is 0 Å². The number of hydrogen-bond acceptors (Lipinski definition) is 1. The highest BCUT2D eigenvalue weighted by Gasteiger charge is 2.28. The first-order chi connectivity index (χ1) is 9.58. The van der Waals surface area contributed by atoms with Crippen LogP contribution in [0.25, 0.3) is 0 Å². The van der Waals surface area contributed by atoms with Gasteiger partial charge in [0.15, 0.2) is 0 Å². The van der Waals surface area contributed by atoms with Crippen LogP contribution in [-0.4, -0.2) is 5.91 Å². The van der Waals surface area contributed by atoms with Crippen molar-refractivity contribution in [2.75, 3.05) is 0 Å². The number of primary amides is 1. The second-order valence-corrected chi connectivity index (χ2v) is 5.41. The Labute approximate surface area is 121 Å². The van der Waals surface area contributed by atoms with E-state index < -0.39 is 5.91 Å². The van der Waals surface area contributed by atoms with Crippen molar-refractivity contribution in [2.24, 2.45) is 5.73 Å². The van der Waals surface area contributed by atoms with E-state index in [1.54, 1.807) is 12.1 Å². The number of rotatable bonds is 2. The summed E-state index contributed by atoms with van der Waals surface area (Å²) in [7, 11) is 0. The van der Waals surface area contributed by atoms with Crippen molar-refractivity contribution in [1.82, 2.24) is 0 Å². The highest BCUT2D eigenvalue weighted by atomic mass is 35.5. The zero-order valence-corrected chi connectivity index (χ0v) is 11.5. The third-order valence-corrected chi connectivity index (χ3v) is 4.19.